The largest absolute Gasteiger partial charge is 0.497 e. The molecule has 1 amide bonds. The van der Waals surface area contributed by atoms with Crippen LogP contribution in [0.4, 0.5) is 0 Å². The van der Waals surface area contributed by atoms with Gasteiger partial charge in [0.2, 0.25) is 5.91 Å². The van der Waals surface area contributed by atoms with Crippen molar-refractivity contribution in [3.05, 3.63) is 29.8 Å². The average Bonchev–Trinajstić information content (AvgIpc) is 2.45. The van der Waals surface area contributed by atoms with Gasteiger partial charge in [-0.1, -0.05) is 19.1 Å². The Morgan fingerprint density at radius 2 is 2.32 bits per heavy atom. The molecule has 0 aliphatic heterocycles. The minimum atomic E-state index is 0.0381. The second-order valence-corrected chi connectivity index (χ2v) is 5.34. The van der Waals surface area contributed by atoms with Crippen molar-refractivity contribution in [3.8, 4) is 5.75 Å². The Morgan fingerprint density at radius 1 is 1.53 bits per heavy atom. The van der Waals surface area contributed by atoms with E-state index in [1.54, 1.807) is 18.9 Å². The number of amides is 1. The molecular formula is C14H22N2O2S. The molecule has 1 rings (SSSR count). The van der Waals surface area contributed by atoms with Crippen LogP contribution in [0.1, 0.15) is 18.9 Å². The number of thioether (sulfide) groups is 1. The lowest BCUT2D eigenvalue weighted by Crippen LogP contribution is -2.27. The topological polar surface area (TPSA) is 64.4 Å². The molecule has 0 radical (unpaired) electrons. The molecule has 0 saturated carbocycles. The quantitative estimate of drug-likeness (QED) is 0.763. The molecule has 5 heteroatoms. The lowest BCUT2D eigenvalue weighted by molar-refractivity contribution is -0.118. The highest BCUT2D eigenvalue weighted by Crippen LogP contribution is 2.12. The highest BCUT2D eigenvalue weighted by molar-refractivity contribution is 7.99. The van der Waals surface area contributed by atoms with Crippen molar-refractivity contribution in [2.24, 2.45) is 5.73 Å². The molecule has 3 N–H and O–H groups in total. The third-order valence-corrected chi connectivity index (χ3v) is 3.84. The molecule has 1 aromatic carbocycles. The third kappa shape index (κ3) is 6.50. The number of rotatable bonds is 8. The van der Waals surface area contributed by atoms with Crippen molar-refractivity contribution in [1.82, 2.24) is 5.32 Å². The maximum absolute atomic E-state index is 11.6. The van der Waals surface area contributed by atoms with Gasteiger partial charge in [0.1, 0.15) is 5.75 Å². The van der Waals surface area contributed by atoms with Gasteiger partial charge in [-0.3, -0.25) is 4.79 Å². The van der Waals surface area contributed by atoms with Gasteiger partial charge in [0.05, 0.1) is 12.9 Å². The number of nitrogens with two attached hydrogens (primary N) is 1. The van der Waals surface area contributed by atoms with Crippen molar-refractivity contribution in [2.45, 2.75) is 25.9 Å². The van der Waals surface area contributed by atoms with E-state index >= 15 is 0 Å². The summed E-state index contributed by atoms with van der Waals surface area (Å²) in [7, 11) is 1.63. The highest BCUT2D eigenvalue weighted by atomic mass is 32.2. The van der Waals surface area contributed by atoms with Gasteiger partial charge in [-0.2, -0.15) is 11.8 Å². The fourth-order valence-corrected chi connectivity index (χ4v) is 2.40. The predicted molar refractivity (Wildman–Crippen MR) is 80.4 cm³/mol. The smallest absolute Gasteiger partial charge is 0.230 e. The van der Waals surface area contributed by atoms with Crippen molar-refractivity contribution < 1.29 is 9.53 Å². The number of nitrogens with one attached hydrogen (secondary N) is 1. The van der Waals surface area contributed by atoms with Crippen LogP contribution in [-0.2, 0) is 11.3 Å². The Labute approximate surface area is 119 Å². The lowest BCUT2D eigenvalue weighted by Gasteiger charge is -2.09. The second kappa shape index (κ2) is 8.82. The van der Waals surface area contributed by atoms with E-state index in [9.17, 15) is 4.79 Å². The van der Waals surface area contributed by atoms with E-state index in [0.717, 1.165) is 23.5 Å². The monoisotopic (exact) mass is 282 g/mol. The first-order chi connectivity index (χ1) is 9.15. The average molecular weight is 282 g/mol. The summed E-state index contributed by atoms with van der Waals surface area (Å²) in [5, 5.41) is 2.89. The molecule has 0 aliphatic carbocycles. The molecule has 0 aromatic heterocycles. The van der Waals surface area contributed by atoms with Crippen LogP contribution in [0.5, 0.6) is 5.75 Å². The van der Waals surface area contributed by atoms with E-state index in [2.05, 4.69) is 5.32 Å². The zero-order valence-electron chi connectivity index (χ0n) is 11.5. The van der Waals surface area contributed by atoms with E-state index in [1.807, 2.05) is 31.2 Å². The summed E-state index contributed by atoms with van der Waals surface area (Å²) in [6.07, 6.45) is 0.943. The van der Waals surface area contributed by atoms with Gasteiger partial charge in [-0.25, -0.2) is 0 Å². The molecule has 1 atom stereocenters. The summed E-state index contributed by atoms with van der Waals surface area (Å²) < 4.78 is 5.13. The number of ether oxygens (including phenoxy) is 1. The Balaban J connectivity index is 2.25. The summed E-state index contributed by atoms with van der Waals surface area (Å²) in [6.45, 7) is 2.57. The Bertz CT molecular complexity index is 399. The molecule has 0 spiro atoms. The van der Waals surface area contributed by atoms with E-state index in [-0.39, 0.29) is 11.9 Å². The van der Waals surface area contributed by atoms with Gasteiger partial charge in [-0.05, 0) is 24.1 Å². The van der Waals surface area contributed by atoms with Crippen molar-refractivity contribution in [1.29, 1.82) is 0 Å². The van der Waals surface area contributed by atoms with Crippen molar-refractivity contribution in [2.75, 3.05) is 18.6 Å². The molecule has 1 aromatic rings. The van der Waals surface area contributed by atoms with Crippen molar-refractivity contribution >= 4 is 17.7 Å². The number of hydrogen-bond acceptors (Lipinski definition) is 4. The lowest BCUT2D eigenvalue weighted by atomic mass is 10.2. The van der Waals surface area contributed by atoms with Gasteiger partial charge < -0.3 is 15.8 Å². The van der Waals surface area contributed by atoms with Crippen LogP contribution in [0, 0.1) is 0 Å². The van der Waals surface area contributed by atoms with Crippen LogP contribution in [0.25, 0.3) is 0 Å². The number of carbonyl (C=O) groups excluding carboxylic acids is 1. The second-order valence-electron chi connectivity index (χ2n) is 4.31. The molecule has 4 nitrogen and oxygen atoms in total. The van der Waals surface area contributed by atoms with E-state index in [1.165, 1.54) is 0 Å². The summed E-state index contributed by atoms with van der Waals surface area (Å²) in [5.74, 6) is 2.12. The number of carbonyl (C=O) groups is 1. The molecule has 0 saturated heterocycles. The first-order valence-electron chi connectivity index (χ1n) is 6.38. The number of benzene rings is 1. The summed E-state index contributed by atoms with van der Waals surface area (Å²) in [6, 6.07) is 7.85. The normalized spacial score (nSPS) is 11.9. The zero-order valence-corrected chi connectivity index (χ0v) is 12.3. The Morgan fingerprint density at radius 3 is 3.00 bits per heavy atom. The van der Waals surface area contributed by atoms with Gasteiger partial charge in [-0.15, -0.1) is 0 Å². The van der Waals surface area contributed by atoms with E-state index < -0.39 is 0 Å². The van der Waals surface area contributed by atoms with E-state index in [4.69, 9.17) is 10.5 Å². The van der Waals surface area contributed by atoms with Crippen LogP contribution in [0.15, 0.2) is 24.3 Å². The fourth-order valence-electron chi connectivity index (χ4n) is 1.45. The van der Waals surface area contributed by atoms with Crippen LogP contribution >= 0.6 is 11.8 Å². The van der Waals surface area contributed by atoms with Crippen LogP contribution in [0.3, 0.4) is 0 Å². The zero-order chi connectivity index (χ0) is 14.1. The molecule has 0 bridgehead atoms. The molecular weight excluding hydrogens is 260 g/mol. The predicted octanol–water partition coefficient (Wildman–Crippen LogP) is 1.78. The SMILES string of the molecule is CCC(N)CSCC(=O)NCc1cccc(OC)c1. The summed E-state index contributed by atoms with van der Waals surface area (Å²) >= 11 is 1.58. The molecule has 106 valence electrons. The maximum Gasteiger partial charge on any atom is 0.230 e. The van der Waals surface area contributed by atoms with Gasteiger partial charge in [0, 0.05) is 18.3 Å². The molecule has 0 fully saturated rings. The first-order valence-corrected chi connectivity index (χ1v) is 7.54. The molecule has 19 heavy (non-hydrogen) atoms. The minimum absolute atomic E-state index is 0.0381. The van der Waals surface area contributed by atoms with Gasteiger partial charge >= 0.3 is 0 Å². The summed E-state index contributed by atoms with van der Waals surface area (Å²) in [5.41, 5.74) is 6.82. The maximum atomic E-state index is 11.6. The number of methoxy groups -OCH3 is 1. The number of hydrogen-bond donors (Lipinski definition) is 2. The van der Waals surface area contributed by atoms with E-state index in [0.29, 0.717) is 12.3 Å². The third-order valence-electron chi connectivity index (χ3n) is 2.71. The van der Waals surface area contributed by atoms with Crippen LogP contribution < -0.4 is 15.8 Å². The highest BCUT2D eigenvalue weighted by Gasteiger charge is 2.04. The van der Waals surface area contributed by atoms with Crippen LogP contribution in [0.2, 0.25) is 0 Å². The standard InChI is InChI=1S/C14H22N2O2S/c1-3-12(15)9-19-10-14(17)16-8-11-5-4-6-13(7-11)18-2/h4-7,12H,3,8-10,15H2,1-2H3,(H,16,17). The van der Waals surface area contributed by atoms with Gasteiger partial charge in [0.25, 0.3) is 0 Å². The molecule has 0 heterocycles. The molecule has 0 aliphatic rings. The first kappa shape index (κ1) is 15.9. The summed E-state index contributed by atoms with van der Waals surface area (Å²) in [4.78, 5) is 11.6. The Kier molecular flexibility index (Phi) is 7.36. The van der Waals surface area contributed by atoms with Crippen molar-refractivity contribution in [3.63, 3.8) is 0 Å². The van der Waals surface area contributed by atoms with Gasteiger partial charge in [0.15, 0.2) is 0 Å². The fraction of sp³-hybridized carbons (Fsp3) is 0.500. The van der Waals surface area contributed by atoms with Crippen LogP contribution in [-0.4, -0.2) is 30.6 Å². The minimum Gasteiger partial charge on any atom is -0.497 e. The molecule has 1 unspecified atom stereocenters. The Hall–Kier alpha value is -1.20.